The molecule has 25 heavy (non-hydrogen) atoms. The summed E-state index contributed by atoms with van der Waals surface area (Å²) < 4.78 is 18.7. The zero-order valence-corrected chi connectivity index (χ0v) is 14.3. The van der Waals surface area contributed by atoms with E-state index in [-0.39, 0.29) is 30.3 Å². The second kappa shape index (κ2) is 7.66. The van der Waals surface area contributed by atoms with Gasteiger partial charge in [-0.2, -0.15) is 0 Å². The third-order valence-corrected chi connectivity index (χ3v) is 4.66. The first-order valence-corrected chi connectivity index (χ1v) is 8.51. The van der Waals surface area contributed by atoms with Crippen LogP contribution in [0.3, 0.4) is 0 Å². The molecular weight excluding hydrogens is 319 g/mol. The zero-order chi connectivity index (χ0) is 17.8. The summed E-state index contributed by atoms with van der Waals surface area (Å²) >= 11 is 0. The van der Waals surface area contributed by atoms with Crippen LogP contribution < -0.4 is 10.5 Å². The maximum absolute atomic E-state index is 13.1. The van der Waals surface area contributed by atoms with Crippen molar-refractivity contribution in [1.29, 1.82) is 0 Å². The Morgan fingerprint density at radius 1 is 1.28 bits per heavy atom. The van der Waals surface area contributed by atoms with E-state index in [1.165, 1.54) is 12.1 Å². The Morgan fingerprint density at radius 2 is 2.04 bits per heavy atom. The predicted molar refractivity (Wildman–Crippen MR) is 95.0 cm³/mol. The minimum atomic E-state index is -0.252. The van der Waals surface area contributed by atoms with Crippen molar-refractivity contribution in [1.82, 2.24) is 4.90 Å². The highest BCUT2D eigenvalue weighted by atomic mass is 19.1. The molecule has 1 heterocycles. The van der Waals surface area contributed by atoms with Crippen molar-refractivity contribution in [2.45, 2.75) is 25.3 Å². The van der Waals surface area contributed by atoms with E-state index in [1.807, 2.05) is 31.2 Å². The second-order valence-electron chi connectivity index (χ2n) is 6.56. The summed E-state index contributed by atoms with van der Waals surface area (Å²) in [6.45, 7) is 3.11. The summed E-state index contributed by atoms with van der Waals surface area (Å²) in [4.78, 5) is 14.1. The fourth-order valence-corrected chi connectivity index (χ4v) is 3.27. The molecule has 0 aromatic heterocycles. The van der Waals surface area contributed by atoms with Crippen LogP contribution in [0.2, 0.25) is 0 Å². The Balaban J connectivity index is 1.55. The standard InChI is InChI=1S/C20H23FN2O2/c1-14-3-2-4-17(11-14)25-13-20(24)23-10-9-18(19(22)12-23)15-5-7-16(21)8-6-15/h2-8,11,18-19H,9-10,12-13,22H2,1H3. The highest BCUT2D eigenvalue weighted by molar-refractivity contribution is 5.78. The second-order valence-corrected chi connectivity index (χ2v) is 6.56. The number of nitrogens with zero attached hydrogens (tertiary/aromatic N) is 1. The largest absolute Gasteiger partial charge is 0.484 e. The molecule has 0 radical (unpaired) electrons. The molecule has 2 unspecified atom stereocenters. The predicted octanol–water partition coefficient (Wildman–Crippen LogP) is 2.86. The van der Waals surface area contributed by atoms with Gasteiger partial charge in [0.2, 0.25) is 0 Å². The van der Waals surface area contributed by atoms with Crippen LogP contribution in [-0.4, -0.2) is 36.5 Å². The van der Waals surface area contributed by atoms with E-state index in [0.717, 1.165) is 17.5 Å². The van der Waals surface area contributed by atoms with Crippen molar-refractivity contribution >= 4 is 5.91 Å². The Hall–Kier alpha value is -2.40. The summed E-state index contributed by atoms with van der Waals surface area (Å²) in [5, 5.41) is 0. The Morgan fingerprint density at radius 3 is 2.72 bits per heavy atom. The van der Waals surface area contributed by atoms with Gasteiger partial charge in [0.15, 0.2) is 6.61 Å². The summed E-state index contributed by atoms with van der Waals surface area (Å²) in [7, 11) is 0. The number of hydrogen-bond acceptors (Lipinski definition) is 3. The number of carbonyl (C=O) groups excluding carboxylic acids is 1. The van der Waals surface area contributed by atoms with Gasteiger partial charge in [0.05, 0.1) is 0 Å². The molecule has 2 aromatic carbocycles. The molecule has 1 saturated heterocycles. The van der Waals surface area contributed by atoms with E-state index in [9.17, 15) is 9.18 Å². The molecule has 132 valence electrons. The van der Waals surface area contributed by atoms with Crippen LogP contribution >= 0.6 is 0 Å². The third-order valence-electron chi connectivity index (χ3n) is 4.66. The molecule has 2 N–H and O–H groups in total. The van der Waals surface area contributed by atoms with Gasteiger partial charge in [-0.3, -0.25) is 4.79 Å². The molecule has 1 aliphatic rings. The number of aryl methyl sites for hydroxylation is 1. The van der Waals surface area contributed by atoms with Crippen LogP contribution in [0.25, 0.3) is 0 Å². The number of piperidine rings is 1. The normalized spacial score (nSPS) is 20.4. The molecule has 0 bridgehead atoms. The van der Waals surface area contributed by atoms with Crippen molar-refractivity contribution in [3.8, 4) is 5.75 Å². The molecule has 2 aromatic rings. The Labute approximate surface area is 147 Å². The molecule has 1 aliphatic heterocycles. The summed E-state index contributed by atoms with van der Waals surface area (Å²) in [5.41, 5.74) is 8.39. The number of likely N-dealkylation sites (tertiary alicyclic amines) is 1. The lowest BCUT2D eigenvalue weighted by molar-refractivity contribution is -0.134. The van der Waals surface area contributed by atoms with Gasteiger partial charge in [-0.15, -0.1) is 0 Å². The maximum Gasteiger partial charge on any atom is 0.260 e. The first-order valence-electron chi connectivity index (χ1n) is 8.51. The average Bonchev–Trinajstić information content (AvgIpc) is 2.60. The van der Waals surface area contributed by atoms with E-state index in [2.05, 4.69) is 0 Å². The van der Waals surface area contributed by atoms with Crippen molar-refractivity contribution < 1.29 is 13.9 Å². The fourth-order valence-electron chi connectivity index (χ4n) is 3.27. The number of amides is 1. The lowest BCUT2D eigenvalue weighted by atomic mass is 9.86. The van der Waals surface area contributed by atoms with Crippen molar-refractivity contribution in [2.24, 2.45) is 5.73 Å². The molecule has 4 nitrogen and oxygen atoms in total. The number of hydrogen-bond donors (Lipinski definition) is 1. The van der Waals surface area contributed by atoms with Gasteiger partial charge in [-0.25, -0.2) is 4.39 Å². The van der Waals surface area contributed by atoms with Crippen LogP contribution in [0, 0.1) is 12.7 Å². The summed E-state index contributed by atoms with van der Waals surface area (Å²) in [5.74, 6) is 0.522. The number of ether oxygens (including phenoxy) is 1. The van der Waals surface area contributed by atoms with Crippen molar-refractivity contribution in [3.05, 3.63) is 65.5 Å². The van der Waals surface area contributed by atoms with Gasteiger partial charge >= 0.3 is 0 Å². The molecule has 0 aliphatic carbocycles. The van der Waals surface area contributed by atoms with Gasteiger partial charge < -0.3 is 15.4 Å². The molecule has 3 rings (SSSR count). The van der Waals surface area contributed by atoms with Gasteiger partial charge in [-0.1, -0.05) is 24.3 Å². The molecule has 0 spiro atoms. The highest BCUT2D eigenvalue weighted by Crippen LogP contribution is 2.27. The van der Waals surface area contributed by atoms with E-state index < -0.39 is 0 Å². The van der Waals surface area contributed by atoms with Gasteiger partial charge in [0.25, 0.3) is 5.91 Å². The molecule has 2 atom stereocenters. The smallest absolute Gasteiger partial charge is 0.260 e. The minimum absolute atomic E-state index is 0.0113. The summed E-state index contributed by atoms with van der Waals surface area (Å²) in [6.07, 6.45) is 0.767. The van der Waals surface area contributed by atoms with Gasteiger partial charge in [0.1, 0.15) is 11.6 Å². The van der Waals surface area contributed by atoms with E-state index in [1.54, 1.807) is 17.0 Å². The van der Waals surface area contributed by atoms with Crippen LogP contribution in [0.4, 0.5) is 4.39 Å². The maximum atomic E-state index is 13.1. The minimum Gasteiger partial charge on any atom is -0.484 e. The number of halogens is 1. The molecule has 5 heteroatoms. The third kappa shape index (κ3) is 4.37. The lowest BCUT2D eigenvalue weighted by Crippen LogP contribution is -2.50. The first kappa shape index (κ1) is 17.4. The number of carbonyl (C=O) groups is 1. The SMILES string of the molecule is Cc1cccc(OCC(=O)N2CCC(c3ccc(F)cc3)C(N)C2)c1. The quantitative estimate of drug-likeness (QED) is 0.929. The van der Waals surface area contributed by atoms with Crippen molar-refractivity contribution in [2.75, 3.05) is 19.7 Å². The zero-order valence-electron chi connectivity index (χ0n) is 14.3. The van der Waals surface area contributed by atoms with Gasteiger partial charge in [-0.05, 0) is 48.7 Å². The van der Waals surface area contributed by atoms with Crippen molar-refractivity contribution in [3.63, 3.8) is 0 Å². The van der Waals surface area contributed by atoms with E-state index >= 15 is 0 Å². The number of rotatable bonds is 4. The molecule has 1 fully saturated rings. The van der Waals surface area contributed by atoms with Crippen LogP contribution in [0.1, 0.15) is 23.5 Å². The van der Waals surface area contributed by atoms with Gasteiger partial charge in [0, 0.05) is 25.0 Å². The van der Waals surface area contributed by atoms with Crippen LogP contribution in [-0.2, 0) is 4.79 Å². The number of nitrogens with two attached hydrogens (primary N) is 1. The van der Waals surface area contributed by atoms with E-state index in [0.29, 0.717) is 18.8 Å². The molecular formula is C20H23FN2O2. The fraction of sp³-hybridized carbons (Fsp3) is 0.350. The molecule has 0 saturated carbocycles. The Bertz CT molecular complexity index is 733. The monoisotopic (exact) mass is 342 g/mol. The summed E-state index contributed by atoms with van der Waals surface area (Å²) in [6, 6.07) is 13.9. The first-order chi connectivity index (χ1) is 12.0. The van der Waals surface area contributed by atoms with E-state index in [4.69, 9.17) is 10.5 Å². The topological polar surface area (TPSA) is 55.6 Å². The lowest BCUT2D eigenvalue weighted by Gasteiger charge is -2.37. The Kier molecular flexibility index (Phi) is 5.34. The molecule has 1 amide bonds. The van der Waals surface area contributed by atoms with Crippen LogP contribution in [0.5, 0.6) is 5.75 Å². The van der Waals surface area contributed by atoms with Crippen LogP contribution in [0.15, 0.2) is 48.5 Å². The average molecular weight is 342 g/mol. The highest BCUT2D eigenvalue weighted by Gasteiger charge is 2.30. The number of benzene rings is 2.